The highest BCUT2D eigenvalue weighted by molar-refractivity contribution is 5.76. The van der Waals surface area contributed by atoms with Gasteiger partial charge in [-0.1, -0.05) is 0 Å². The number of aromatic nitrogens is 2. The number of furan rings is 1. The largest absolute Gasteiger partial charge is 0.468 e. The van der Waals surface area contributed by atoms with Crippen molar-refractivity contribution in [3.05, 3.63) is 41.1 Å². The number of rotatable bonds is 9. The summed E-state index contributed by atoms with van der Waals surface area (Å²) in [4.78, 5) is 14.9. The van der Waals surface area contributed by atoms with Crippen molar-refractivity contribution < 1.29 is 9.21 Å². The summed E-state index contributed by atoms with van der Waals surface area (Å²) >= 11 is 0. The van der Waals surface area contributed by atoms with Crippen LogP contribution in [-0.4, -0.2) is 40.2 Å². The van der Waals surface area contributed by atoms with E-state index in [-0.39, 0.29) is 11.9 Å². The molecule has 7 heteroatoms. The van der Waals surface area contributed by atoms with Crippen LogP contribution < -0.4 is 5.32 Å². The number of hydrogen-bond donors (Lipinski definition) is 1. The highest BCUT2D eigenvalue weighted by atomic mass is 16.3. The van der Waals surface area contributed by atoms with Gasteiger partial charge in [-0.15, -0.1) is 0 Å². The molecular formula is C21H29N5O2. The van der Waals surface area contributed by atoms with E-state index in [9.17, 15) is 4.79 Å². The van der Waals surface area contributed by atoms with E-state index in [0.717, 1.165) is 35.8 Å². The number of carbonyl (C=O) groups is 1. The fraction of sp³-hybridized carbons (Fsp3) is 0.571. The molecule has 0 bridgehead atoms. The Hall–Kier alpha value is -2.59. The number of nitriles is 1. The van der Waals surface area contributed by atoms with Crippen molar-refractivity contribution in [2.24, 2.45) is 0 Å². The fourth-order valence-electron chi connectivity index (χ4n) is 3.95. The van der Waals surface area contributed by atoms with E-state index < -0.39 is 0 Å². The molecule has 1 fully saturated rings. The van der Waals surface area contributed by atoms with Crippen molar-refractivity contribution in [1.29, 1.82) is 5.26 Å². The summed E-state index contributed by atoms with van der Waals surface area (Å²) in [5.74, 6) is 0.951. The zero-order valence-corrected chi connectivity index (χ0v) is 16.8. The third kappa shape index (κ3) is 4.82. The van der Waals surface area contributed by atoms with Crippen LogP contribution in [0.25, 0.3) is 0 Å². The van der Waals surface area contributed by atoms with Crippen LogP contribution in [-0.2, 0) is 17.8 Å². The van der Waals surface area contributed by atoms with Crippen LogP contribution in [0.3, 0.4) is 0 Å². The summed E-state index contributed by atoms with van der Waals surface area (Å²) in [5, 5.41) is 16.4. The number of likely N-dealkylation sites (tertiary alicyclic amines) is 1. The van der Waals surface area contributed by atoms with E-state index in [0.29, 0.717) is 32.4 Å². The first-order valence-corrected chi connectivity index (χ1v) is 10.0. The Kier molecular flexibility index (Phi) is 6.88. The standard InChI is InChI=1S/C21H29N5O2/c1-16-18(17(2)26(24-16)13-6-10-22)8-9-21(27)23-15-19(20-7-5-14-28-20)25-11-3-4-12-25/h5,7,14,19H,3-4,6,8-9,11-13,15H2,1-2H3,(H,23,27)/t19-/m0/s1. The highest BCUT2D eigenvalue weighted by Crippen LogP contribution is 2.25. The molecule has 3 rings (SSSR count). The summed E-state index contributed by atoms with van der Waals surface area (Å²) in [5.41, 5.74) is 3.09. The van der Waals surface area contributed by atoms with Gasteiger partial charge in [-0.05, 0) is 63.9 Å². The molecule has 0 spiro atoms. The molecule has 0 radical (unpaired) electrons. The Bertz CT molecular complexity index is 813. The van der Waals surface area contributed by atoms with Crippen LogP contribution in [0.15, 0.2) is 22.8 Å². The van der Waals surface area contributed by atoms with E-state index in [2.05, 4.69) is 21.4 Å². The minimum absolute atomic E-state index is 0.0410. The lowest BCUT2D eigenvalue weighted by atomic mass is 10.1. The maximum Gasteiger partial charge on any atom is 0.220 e. The van der Waals surface area contributed by atoms with Crippen LogP contribution in [0.1, 0.15) is 54.4 Å². The summed E-state index contributed by atoms with van der Waals surface area (Å²) in [7, 11) is 0. The van der Waals surface area contributed by atoms with Gasteiger partial charge in [0.1, 0.15) is 5.76 Å². The predicted octanol–water partition coefficient (Wildman–Crippen LogP) is 2.89. The summed E-state index contributed by atoms with van der Waals surface area (Å²) < 4.78 is 7.48. The first-order valence-electron chi connectivity index (χ1n) is 10.0. The van der Waals surface area contributed by atoms with Crippen molar-refractivity contribution in [3.8, 4) is 6.07 Å². The highest BCUT2D eigenvalue weighted by Gasteiger charge is 2.26. The Labute approximate surface area is 166 Å². The molecule has 1 atom stereocenters. The molecule has 0 unspecified atom stereocenters. The van der Waals surface area contributed by atoms with Gasteiger partial charge in [0.05, 0.1) is 37.0 Å². The quantitative estimate of drug-likeness (QED) is 0.719. The molecule has 2 aromatic rings. The topological polar surface area (TPSA) is 87.1 Å². The molecule has 1 N–H and O–H groups in total. The second kappa shape index (κ2) is 9.56. The molecule has 2 aromatic heterocycles. The zero-order valence-electron chi connectivity index (χ0n) is 16.8. The summed E-state index contributed by atoms with van der Waals surface area (Å²) in [6.45, 7) is 7.21. The van der Waals surface area contributed by atoms with E-state index in [1.165, 1.54) is 12.8 Å². The first-order chi connectivity index (χ1) is 13.6. The molecule has 7 nitrogen and oxygen atoms in total. The lowest BCUT2D eigenvalue weighted by Gasteiger charge is -2.26. The van der Waals surface area contributed by atoms with E-state index in [1.807, 2.05) is 30.7 Å². The number of nitrogens with one attached hydrogen (secondary N) is 1. The van der Waals surface area contributed by atoms with Crippen LogP contribution >= 0.6 is 0 Å². The molecule has 1 aliphatic rings. The van der Waals surface area contributed by atoms with Crippen LogP contribution in [0.4, 0.5) is 0 Å². The van der Waals surface area contributed by atoms with E-state index in [4.69, 9.17) is 9.68 Å². The van der Waals surface area contributed by atoms with Gasteiger partial charge in [-0.25, -0.2) is 0 Å². The molecular weight excluding hydrogens is 354 g/mol. The van der Waals surface area contributed by atoms with Gasteiger partial charge >= 0.3 is 0 Å². The smallest absolute Gasteiger partial charge is 0.220 e. The molecule has 1 amide bonds. The van der Waals surface area contributed by atoms with E-state index >= 15 is 0 Å². The molecule has 3 heterocycles. The van der Waals surface area contributed by atoms with Gasteiger partial charge in [-0.3, -0.25) is 14.4 Å². The number of aryl methyl sites for hydroxylation is 2. The van der Waals surface area contributed by atoms with Gasteiger partial charge in [-0.2, -0.15) is 10.4 Å². The number of hydrogen-bond acceptors (Lipinski definition) is 5. The third-order valence-electron chi connectivity index (χ3n) is 5.51. The second-order valence-corrected chi connectivity index (χ2v) is 7.36. The molecule has 28 heavy (non-hydrogen) atoms. The average molecular weight is 383 g/mol. The van der Waals surface area contributed by atoms with Crippen molar-refractivity contribution in [2.75, 3.05) is 19.6 Å². The molecule has 0 saturated carbocycles. The van der Waals surface area contributed by atoms with Gasteiger partial charge in [0, 0.05) is 18.7 Å². The Morgan fingerprint density at radius 1 is 1.39 bits per heavy atom. The number of carbonyl (C=O) groups excluding carboxylic acids is 1. The molecule has 1 saturated heterocycles. The van der Waals surface area contributed by atoms with E-state index in [1.54, 1.807) is 6.26 Å². The lowest BCUT2D eigenvalue weighted by Crippen LogP contribution is -2.36. The Morgan fingerprint density at radius 2 is 2.18 bits per heavy atom. The summed E-state index contributed by atoms with van der Waals surface area (Å²) in [6, 6.07) is 6.13. The molecule has 0 aromatic carbocycles. The van der Waals surface area contributed by atoms with Crippen molar-refractivity contribution >= 4 is 5.91 Å². The van der Waals surface area contributed by atoms with Crippen molar-refractivity contribution in [1.82, 2.24) is 20.0 Å². The van der Waals surface area contributed by atoms with Gasteiger partial charge in [0.2, 0.25) is 5.91 Å². The molecule has 0 aliphatic carbocycles. The monoisotopic (exact) mass is 383 g/mol. The fourth-order valence-corrected chi connectivity index (χ4v) is 3.95. The van der Waals surface area contributed by atoms with Gasteiger partial charge in [0.25, 0.3) is 0 Å². The SMILES string of the molecule is Cc1nn(CCC#N)c(C)c1CCC(=O)NC[C@@H](c1ccco1)N1CCCC1. The predicted molar refractivity (Wildman–Crippen MR) is 106 cm³/mol. The van der Waals surface area contributed by atoms with Crippen LogP contribution in [0.2, 0.25) is 0 Å². The van der Waals surface area contributed by atoms with Crippen LogP contribution in [0.5, 0.6) is 0 Å². The first kappa shape index (κ1) is 20.2. The average Bonchev–Trinajstić information content (AvgIpc) is 3.43. The minimum Gasteiger partial charge on any atom is -0.468 e. The summed E-state index contributed by atoms with van der Waals surface area (Å²) in [6.07, 6.45) is 5.60. The second-order valence-electron chi connectivity index (χ2n) is 7.36. The maximum atomic E-state index is 12.5. The minimum atomic E-state index is 0.0410. The normalized spacial score (nSPS) is 15.5. The van der Waals surface area contributed by atoms with Crippen molar-refractivity contribution in [2.45, 2.75) is 58.5 Å². The molecule has 150 valence electrons. The Balaban J connectivity index is 1.54. The van der Waals surface area contributed by atoms with Gasteiger partial charge in [0.15, 0.2) is 0 Å². The zero-order chi connectivity index (χ0) is 19.9. The van der Waals surface area contributed by atoms with Gasteiger partial charge < -0.3 is 9.73 Å². The van der Waals surface area contributed by atoms with Crippen molar-refractivity contribution in [3.63, 3.8) is 0 Å². The molecule has 1 aliphatic heterocycles. The Morgan fingerprint density at radius 3 is 2.86 bits per heavy atom. The number of nitrogens with zero attached hydrogens (tertiary/aromatic N) is 4. The maximum absolute atomic E-state index is 12.5. The van der Waals surface area contributed by atoms with Crippen LogP contribution in [0, 0.1) is 25.2 Å². The lowest BCUT2D eigenvalue weighted by molar-refractivity contribution is -0.121. The third-order valence-corrected chi connectivity index (χ3v) is 5.51. The number of amides is 1.